The Morgan fingerprint density at radius 3 is 3.10 bits per heavy atom. The van der Waals surface area contributed by atoms with Crippen molar-refractivity contribution in [1.29, 1.82) is 0 Å². The van der Waals surface area contributed by atoms with Gasteiger partial charge in [-0.25, -0.2) is 0 Å². The Kier molecular flexibility index (Phi) is 2.64. The first kappa shape index (κ1) is 7.97. The molecular formula is C5H9BrN2O2. The fourth-order valence-electron chi connectivity index (χ4n) is 0.713. The summed E-state index contributed by atoms with van der Waals surface area (Å²) in [5.41, 5.74) is 5.47. The summed E-state index contributed by atoms with van der Waals surface area (Å²) >= 11 is 3.16. The average molecular weight is 209 g/mol. The van der Waals surface area contributed by atoms with E-state index in [1.165, 1.54) is 0 Å². The van der Waals surface area contributed by atoms with Crippen molar-refractivity contribution >= 4 is 20.6 Å². The second kappa shape index (κ2) is 3.32. The minimum Gasteiger partial charge on any atom is -0.395 e. The first-order valence-electron chi connectivity index (χ1n) is 2.98. The first-order valence-corrected chi connectivity index (χ1v) is 3.78. The Morgan fingerprint density at radius 2 is 2.70 bits per heavy atom. The Labute approximate surface area is 67.2 Å². The van der Waals surface area contributed by atoms with Gasteiger partial charge in [0, 0.05) is 6.42 Å². The summed E-state index contributed by atoms with van der Waals surface area (Å²) in [6.45, 7) is -0.0690. The van der Waals surface area contributed by atoms with E-state index in [0.717, 1.165) is 4.62 Å². The van der Waals surface area contributed by atoms with Crippen LogP contribution in [-0.4, -0.2) is 28.5 Å². The van der Waals surface area contributed by atoms with Crippen molar-refractivity contribution in [2.75, 3.05) is 6.61 Å². The van der Waals surface area contributed by atoms with Crippen LogP contribution in [0.25, 0.3) is 0 Å². The van der Waals surface area contributed by atoms with Crippen molar-refractivity contribution in [1.82, 2.24) is 0 Å². The molecule has 10 heavy (non-hydrogen) atoms. The van der Waals surface area contributed by atoms with Gasteiger partial charge in [0.15, 0.2) is 6.10 Å². The molecule has 2 atom stereocenters. The van der Waals surface area contributed by atoms with Gasteiger partial charge in [0.2, 0.25) is 0 Å². The molecule has 0 aromatic carbocycles. The molecule has 5 heteroatoms. The first-order chi connectivity index (χ1) is 4.74. The highest BCUT2D eigenvalue weighted by atomic mass is 79.9. The van der Waals surface area contributed by atoms with Gasteiger partial charge in [-0.3, -0.25) is 0 Å². The molecule has 0 spiro atoms. The molecular weight excluding hydrogens is 200 g/mol. The molecule has 1 heterocycles. The predicted octanol–water partition coefficient (Wildman–Crippen LogP) is -0.197. The maximum atomic E-state index is 8.61. The maximum Gasteiger partial charge on any atom is 0.151 e. The van der Waals surface area contributed by atoms with Crippen molar-refractivity contribution in [3.63, 3.8) is 0 Å². The largest absolute Gasteiger partial charge is 0.395 e. The number of oxime groups is 1. The van der Waals surface area contributed by atoms with Crippen molar-refractivity contribution in [3.8, 4) is 0 Å². The maximum absolute atomic E-state index is 8.61. The Balaban J connectivity index is 2.34. The lowest BCUT2D eigenvalue weighted by molar-refractivity contribution is 0.0484. The summed E-state index contributed by atoms with van der Waals surface area (Å²) in [6, 6.07) is -0.334. The Bertz CT molecular complexity index is 151. The normalized spacial score (nSPS) is 27.5. The van der Waals surface area contributed by atoms with Gasteiger partial charge in [0.05, 0.1) is 12.6 Å². The van der Waals surface area contributed by atoms with Crippen molar-refractivity contribution in [3.05, 3.63) is 0 Å². The topological polar surface area (TPSA) is 67.8 Å². The second-order valence-electron chi connectivity index (χ2n) is 2.16. The monoisotopic (exact) mass is 208 g/mol. The standard InChI is InChI=1S/C5H9BrN2O2/c6-5-1-4(10-8-5)3(7)2-9/h3-4,9H,1-2,7H2/t3-,4+/m1/s1. The summed E-state index contributed by atoms with van der Waals surface area (Å²) in [5, 5.41) is 12.2. The van der Waals surface area contributed by atoms with E-state index in [2.05, 4.69) is 21.1 Å². The molecule has 58 valence electrons. The third-order valence-electron chi connectivity index (χ3n) is 1.35. The van der Waals surface area contributed by atoms with Crippen LogP contribution >= 0.6 is 15.9 Å². The van der Waals surface area contributed by atoms with E-state index in [4.69, 9.17) is 15.7 Å². The van der Waals surface area contributed by atoms with Gasteiger partial charge in [-0.1, -0.05) is 5.16 Å². The van der Waals surface area contributed by atoms with Gasteiger partial charge in [-0.05, 0) is 15.9 Å². The van der Waals surface area contributed by atoms with Crippen molar-refractivity contribution in [2.24, 2.45) is 10.9 Å². The Hall–Kier alpha value is -0.130. The minimum atomic E-state index is -0.334. The summed E-state index contributed by atoms with van der Waals surface area (Å²) in [5.74, 6) is 0. The van der Waals surface area contributed by atoms with Gasteiger partial charge in [0.25, 0.3) is 0 Å². The van der Waals surface area contributed by atoms with E-state index in [1.807, 2.05) is 0 Å². The highest BCUT2D eigenvalue weighted by Crippen LogP contribution is 2.15. The molecule has 0 unspecified atom stereocenters. The van der Waals surface area contributed by atoms with Crippen molar-refractivity contribution < 1.29 is 9.94 Å². The van der Waals surface area contributed by atoms with Crippen LogP contribution in [0.3, 0.4) is 0 Å². The lowest BCUT2D eigenvalue weighted by Gasteiger charge is -2.13. The van der Waals surface area contributed by atoms with Crippen LogP contribution in [0, 0.1) is 0 Å². The van der Waals surface area contributed by atoms with Gasteiger partial charge in [-0.2, -0.15) is 0 Å². The second-order valence-corrected chi connectivity index (χ2v) is 3.08. The van der Waals surface area contributed by atoms with Gasteiger partial charge < -0.3 is 15.7 Å². The number of nitrogens with zero attached hydrogens (tertiary/aromatic N) is 1. The molecule has 0 saturated carbocycles. The van der Waals surface area contributed by atoms with Crippen LogP contribution in [-0.2, 0) is 4.84 Å². The number of aliphatic hydroxyl groups excluding tert-OH is 1. The third kappa shape index (κ3) is 1.68. The number of hydrogen-bond donors (Lipinski definition) is 2. The molecule has 1 rings (SSSR count). The summed E-state index contributed by atoms with van der Waals surface area (Å²) in [4.78, 5) is 4.87. The van der Waals surface area contributed by atoms with E-state index >= 15 is 0 Å². The number of rotatable bonds is 2. The lowest BCUT2D eigenvalue weighted by Crippen LogP contribution is -2.37. The van der Waals surface area contributed by atoms with Crippen molar-refractivity contribution in [2.45, 2.75) is 18.6 Å². The predicted molar refractivity (Wildman–Crippen MR) is 40.9 cm³/mol. The molecule has 1 aliphatic heterocycles. The fourth-order valence-corrected chi connectivity index (χ4v) is 1.12. The highest BCUT2D eigenvalue weighted by Gasteiger charge is 2.25. The summed E-state index contributed by atoms with van der Waals surface area (Å²) < 4.78 is 0.751. The average Bonchev–Trinajstić information content (AvgIpc) is 2.34. The molecule has 1 aliphatic rings. The number of aliphatic hydroxyl groups is 1. The molecule has 0 amide bonds. The van der Waals surface area contributed by atoms with Crippen LogP contribution < -0.4 is 5.73 Å². The van der Waals surface area contributed by atoms with E-state index in [1.54, 1.807) is 0 Å². The molecule has 0 saturated heterocycles. The summed E-state index contributed by atoms with van der Waals surface area (Å²) in [6.07, 6.45) is 0.487. The van der Waals surface area contributed by atoms with Crippen LogP contribution in [0.1, 0.15) is 6.42 Å². The molecule has 4 nitrogen and oxygen atoms in total. The van der Waals surface area contributed by atoms with E-state index < -0.39 is 0 Å². The third-order valence-corrected chi connectivity index (χ3v) is 1.81. The van der Waals surface area contributed by atoms with Gasteiger partial charge >= 0.3 is 0 Å². The minimum absolute atomic E-state index is 0.0690. The molecule has 0 aromatic rings. The van der Waals surface area contributed by atoms with E-state index in [0.29, 0.717) is 6.42 Å². The number of nitrogens with two attached hydrogens (primary N) is 1. The number of hydrogen-bond acceptors (Lipinski definition) is 4. The Morgan fingerprint density at radius 1 is 2.00 bits per heavy atom. The molecule has 0 aromatic heterocycles. The highest BCUT2D eigenvalue weighted by molar-refractivity contribution is 9.18. The molecule has 0 radical (unpaired) electrons. The SMILES string of the molecule is N[C@H](CO)[C@@H]1CC(Br)=NO1. The zero-order valence-corrected chi connectivity index (χ0v) is 6.91. The van der Waals surface area contributed by atoms with E-state index in [-0.39, 0.29) is 18.8 Å². The smallest absolute Gasteiger partial charge is 0.151 e. The van der Waals surface area contributed by atoms with Crippen LogP contribution in [0.15, 0.2) is 5.16 Å². The molecule has 0 fully saturated rings. The fraction of sp³-hybridized carbons (Fsp3) is 0.800. The van der Waals surface area contributed by atoms with Crippen LogP contribution in [0.2, 0.25) is 0 Å². The molecule has 0 aliphatic carbocycles. The van der Waals surface area contributed by atoms with E-state index in [9.17, 15) is 0 Å². The van der Waals surface area contributed by atoms with Gasteiger partial charge in [0.1, 0.15) is 4.62 Å². The lowest BCUT2D eigenvalue weighted by atomic mass is 10.1. The summed E-state index contributed by atoms with van der Waals surface area (Å²) in [7, 11) is 0. The zero-order valence-electron chi connectivity index (χ0n) is 5.33. The van der Waals surface area contributed by atoms with Gasteiger partial charge in [-0.15, -0.1) is 0 Å². The van der Waals surface area contributed by atoms with Crippen LogP contribution in [0.5, 0.6) is 0 Å². The molecule has 0 bridgehead atoms. The zero-order chi connectivity index (χ0) is 7.56. The number of halogens is 1. The molecule has 3 N–H and O–H groups in total. The quantitative estimate of drug-likeness (QED) is 0.661. The van der Waals surface area contributed by atoms with Crippen LogP contribution in [0.4, 0.5) is 0 Å².